The van der Waals surface area contributed by atoms with Gasteiger partial charge < -0.3 is 33.4 Å². The molecule has 1 atom stereocenters. The number of nitrogen functional groups attached to an aromatic ring is 5. The summed E-state index contributed by atoms with van der Waals surface area (Å²) in [4.78, 5) is 0. The van der Waals surface area contributed by atoms with Crippen molar-refractivity contribution < 1.29 is 4.74 Å². The summed E-state index contributed by atoms with van der Waals surface area (Å²) < 4.78 is 6.35. The second-order valence-corrected chi connectivity index (χ2v) is 8.41. The van der Waals surface area contributed by atoms with E-state index in [1.165, 1.54) is 5.56 Å². The van der Waals surface area contributed by atoms with E-state index < -0.39 is 0 Å². The van der Waals surface area contributed by atoms with E-state index in [-0.39, 0.29) is 6.10 Å². The van der Waals surface area contributed by atoms with Gasteiger partial charge in [-0.2, -0.15) is 0 Å². The van der Waals surface area contributed by atoms with Crippen molar-refractivity contribution in [2.75, 3.05) is 28.7 Å². The van der Waals surface area contributed by atoms with E-state index in [2.05, 4.69) is 18.2 Å². The van der Waals surface area contributed by atoms with E-state index in [4.69, 9.17) is 33.4 Å². The molecule has 3 aromatic carbocycles. The number of benzene rings is 3. The van der Waals surface area contributed by atoms with Gasteiger partial charge in [0.2, 0.25) is 0 Å². The van der Waals surface area contributed by atoms with Crippen molar-refractivity contribution in [3.63, 3.8) is 0 Å². The summed E-state index contributed by atoms with van der Waals surface area (Å²) in [5, 5.41) is 0. The zero-order chi connectivity index (χ0) is 22.7. The Hall–Kier alpha value is -3.80. The fourth-order valence-electron chi connectivity index (χ4n) is 4.26. The summed E-state index contributed by atoms with van der Waals surface area (Å²) in [5.41, 5.74) is 37.5. The summed E-state index contributed by atoms with van der Waals surface area (Å²) >= 11 is 0. The second-order valence-electron chi connectivity index (χ2n) is 8.41. The van der Waals surface area contributed by atoms with Crippen LogP contribution in [0.5, 0.6) is 0 Å². The number of hydrogen-bond acceptors (Lipinski definition) is 6. The average Bonchev–Trinajstić information content (AvgIpc) is 3.10. The molecular weight excluding hydrogens is 398 g/mol. The van der Waals surface area contributed by atoms with Crippen molar-refractivity contribution in [2.45, 2.75) is 38.2 Å². The van der Waals surface area contributed by atoms with E-state index in [0.717, 1.165) is 60.2 Å². The van der Waals surface area contributed by atoms with Crippen LogP contribution in [0, 0.1) is 0 Å². The number of ether oxygens (including phenoxy) is 1. The fourth-order valence-corrected chi connectivity index (χ4v) is 4.26. The van der Waals surface area contributed by atoms with Gasteiger partial charge in [0.15, 0.2) is 6.10 Å². The van der Waals surface area contributed by atoms with Gasteiger partial charge in [-0.15, -0.1) is 0 Å². The van der Waals surface area contributed by atoms with E-state index in [1.54, 1.807) is 12.1 Å². The normalized spacial score (nSPS) is 16.1. The van der Waals surface area contributed by atoms with Crippen LogP contribution in [-0.2, 0) is 11.2 Å². The molecule has 1 aliphatic rings. The first kappa shape index (κ1) is 21.4. The zero-order valence-electron chi connectivity index (χ0n) is 18.2. The number of hydrogen-bond donors (Lipinski definition) is 5. The highest BCUT2D eigenvalue weighted by molar-refractivity contribution is 5.78. The largest absolute Gasteiger partial charge is 0.481 e. The number of anilines is 5. The third-order valence-corrected chi connectivity index (χ3v) is 5.79. The summed E-state index contributed by atoms with van der Waals surface area (Å²) in [6.07, 6.45) is 7.10. The van der Waals surface area contributed by atoms with Gasteiger partial charge in [-0.05, 0) is 79.8 Å². The number of aryl methyl sites for hydroxylation is 1. The molecular formula is C26H31N5O. The molecule has 1 heterocycles. The van der Waals surface area contributed by atoms with E-state index >= 15 is 0 Å². The van der Waals surface area contributed by atoms with Crippen LogP contribution in [0.2, 0.25) is 0 Å². The first-order chi connectivity index (χ1) is 15.4. The molecule has 6 heteroatoms. The van der Waals surface area contributed by atoms with Gasteiger partial charge in [-0.1, -0.05) is 18.6 Å². The van der Waals surface area contributed by atoms with Crippen LogP contribution < -0.4 is 28.7 Å². The molecule has 0 aliphatic carbocycles. The molecule has 166 valence electrons. The molecule has 0 aromatic heterocycles. The maximum atomic E-state index is 6.35. The van der Waals surface area contributed by atoms with E-state index in [1.807, 2.05) is 30.3 Å². The van der Waals surface area contributed by atoms with Crippen molar-refractivity contribution in [2.24, 2.45) is 0 Å². The number of fused-ring (bicyclic) bond motifs is 1. The van der Waals surface area contributed by atoms with Gasteiger partial charge in [0.25, 0.3) is 0 Å². The Morgan fingerprint density at radius 2 is 1.41 bits per heavy atom. The van der Waals surface area contributed by atoms with Crippen LogP contribution in [0.3, 0.4) is 0 Å². The predicted octanol–water partition coefficient (Wildman–Crippen LogP) is 4.86. The number of rotatable bonds is 7. The highest BCUT2D eigenvalue weighted by atomic mass is 16.5. The topological polar surface area (TPSA) is 139 Å². The first-order valence-corrected chi connectivity index (χ1v) is 11.0. The smallest absolute Gasteiger partial charge is 0.152 e. The second kappa shape index (κ2) is 9.14. The quantitative estimate of drug-likeness (QED) is 0.268. The van der Waals surface area contributed by atoms with Gasteiger partial charge >= 0.3 is 0 Å². The molecule has 1 aliphatic heterocycles. The Morgan fingerprint density at radius 3 is 2.12 bits per heavy atom. The number of allylic oxidation sites excluding steroid dienone is 1. The third kappa shape index (κ3) is 4.75. The lowest BCUT2D eigenvalue weighted by Crippen LogP contribution is -2.05. The Bertz CT molecular complexity index is 1120. The lowest BCUT2D eigenvalue weighted by Gasteiger charge is -2.15. The van der Waals surface area contributed by atoms with Crippen LogP contribution >= 0.6 is 0 Å². The molecule has 0 fully saturated rings. The standard InChI is InChI=1S/C26H31N5O/c27-18-9-7-16(8-10-18)5-3-1-2-4-6-24-22-14-21(30)15-23(31)25(22)26(32-24)17-11-19(28)13-20(29)12-17/h6-15,26H,1-5,27-31H2/b24-6-. The molecule has 4 rings (SSSR count). The maximum absolute atomic E-state index is 6.35. The van der Waals surface area contributed by atoms with Gasteiger partial charge in [0.05, 0.1) is 0 Å². The van der Waals surface area contributed by atoms with Crippen LogP contribution in [-0.4, -0.2) is 0 Å². The monoisotopic (exact) mass is 429 g/mol. The summed E-state index contributed by atoms with van der Waals surface area (Å²) in [7, 11) is 0. The van der Waals surface area contributed by atoms with Crippen LogP contribution in [0.4, 0.5) is 28.4 Å². The Morgan fingerprint density at radius 1 is 0.719 bits per heavy atom. The lowest BCUT2D eigenvalue weighted by atomic mass is 9.95. The minimum atomic E-state index is -0.354. The van der Waals surface area contributed by atoms with E-state index in [0.29, 0.717) is 22.7 Å². The van der Waals surface area contributed by atoms with Crippen LogP contribution in [0.1, 0.15) is 54.0 Å². The zero-order valence-corrected chi connectivity index (χ0v) is 18.2. The molecule has 1 unspecified atom stereocenters. The molecule has 0 radical (unpaired) electrons. The molecule has 0 spiro atoms. The molecule has 0 bridgehead atoms. The molecule has 10 N–H and O–H groups in total. The Kier molecular flexibility index (Phi) is 6.12. The van der Waals surface area contributed by atoms with Gasteiger partial charge in [0, 0.05) is 45.1 Å². The molecule has 32 heavy (non-hydrogen) atoms. The van der Waals surface area contributed by atoms with Crippen molar-refractivity contribution >= 4 is 34.2 Å². The lowest BCUT2D eigenvalue weighted by molar-refractivity contribution is 0.228. The minimum absolute atomic E-state index is 0.354. The van der Waals surface area contributed by atoms with Crippen LogP contribution in [0.25, 0.3) is 5.76 Å². The summed E-state index contributed by atoms with van der Waals surface area (Å²) in [5.74, 6) is 0.809. The van der Waals surface area contributed by atoms with Gasteiger partial charge in [-0.3, -0.25) is 0 Å². The fraction of sp³-hybridized carbons (Fsp3) is 0.231. The molecule has 0 saturated carbocycles. The van der Waals surface area contributed by atoms with Gasteiger partial charge in [-0.25, -0.2) is 0 Å². The third-order valence-electron chi connectivity index (χ3n) is 5.79. The number of unbranched alkanes of at least 4 members (excludes halogenated alkanes) is 3. The van der Waals surface area contributed by atoms with Crippen molar-refractivity contribution in [3.05, 3.63) is 82.9 Å². The van der Waals surface area contributed by atoms with Crippen molar-refractivity contribution in [1.29, 1.82) is 0 Å². The highest BCUT2D eigenvalue weighted by Gasteiger charge is 2.32. The van der Waals surface area contributed by atoms with Crippen LogP contribution in [0.15, 0.2) is 60.7 Å². The Labute approximate surface area is 189 Å². The SMILES string of the molecule is Nc1ccc(CCCCC/C=C2\OC(c3cc(N)cc(N)c3)c3c(N)cc(N)cc32)cc1. The maximum Gasteiger partial charge on any atom is 0.152 e. The minimum Gasteiger partial charge on any atom is -0.481 e. The highest BCUT2D eigenvalue weighted by Crippen LogP contribution is 2.46. The molecule has 0 amide bonds. The number of nitrogens with two attached hydrogens (primary N) is 5. The summed E-state index contributed by atoms with van der Waals surface area (Å²) in [6.45, 7) is 0. The molecule has 0 saturated heterocycles. The predicted molar refractivity (Wildman–Crippen MR) is 134 cm³/mol. The Balaban J connectivity index is 1.45. The average molecular weight is 430 g/mol. The summed E-state index contributed by atoms with van der Waals surface area (Å²) in [6, 6.07) is 17.3. The van der Waals surface area contributed by atoms with E-state index in [9.17, 15) is 0 Å². The molecule has 3 aromatic rings. The molecule has 6 nitrogen and oxygen atoms in total. The van der Waals surface area contributed by atoms with Gasteiger partial charge in [0.1, 0.15) is 5.76 Å². The first-order valence-electron chi connectivity index (χ1n) is 11.0. The van der Waals surface area contributed by atoms with Crippen molar-refractivity contribution in [1.82, 2.24) is 0 Å². The van der Waals surface area contributed by atoms with Crippen molar-refractivity contribution in [3.8, 4) is 0 Å².